The van der Waals surface area contributed by atoms with Crippen molar-refractivity contribution in [1.29, 1.82) is 0 Å². The molecule has 0 unspecified atom stereocenters. The number of Topliss-reactive ketones (excluding diaryl/α,β-unsaturated/α-hetero) is 1. The Balaban J connectivity index is 2.05. The SMILES string of the molecule is O=C1CC[C@@H](c2ccccc2)[C@@H]1S(=O)(=O)c1ccccc1. The molecule has 1 aliphatic rings. The molecule has 0 aromatic heterocycles. The van der Waals surface area contributed by atoms with E-state index in [1.807, 2.05) is 30.3 Å². The molecule has 2 aromatic rings. The maximum atomic E-state index is 12.8. The van der Waals surface area contributed by atoms with Crippen molar-refractivity contribution in [1.82, 2.24) is 0 Å². The van der Waals surface area contributed by atoms with Gasteiger partial charge in [0, 0.05) is 12.3 Å². The molecule has 4 heteroatoms. The summed E-state index contributed by atoms with van der Waals surface area (Å²) in [4.78, 5) is 12.4. The van der Waals surface area contributed by atoms with Gasteiger partial charge in [0.05, 0.1) is 4.90 Å². The summed E-state index contributed by atoms with van der Waals surface area (Å²) in [5.74, 6) is -0.420. The molecule has 0 saturated heterocycles. The van der Waals surface area contributed by atoms with Gasteiger partial charge in [0.15, 0.2) is 15.6 Å². The van der Waals surface area contributed by atoms with Crippen LogP contribution >= 0.6 is 0 Å². The second-order valence-electron chi connectivity index (χ2n) is 5.30. The third-order valence-electron chi connectivity index (χ3n) is 4.02. The van der Waals surface area contributed by atoms with Gasteiger partial charge in [0.25, 0.3) is 0 Å². The lowest BCUT2D eigenvalue weighted by Gasteiger charge is -2.19. The molecule has 1 saturated carbocycles. The number of rotatable bonds is 3. The van der Waals surface area contributed by atoms with Crippen molar-refractivity contribution in [2.75, 3.05) is 0 Å². The van der Waals surface area contributed by atoms with E-state index in [9.17, 15) is 13.2 Å². The number of sulfone groups is 1. The van der Waals surface area contributed by atoms with Gasteiger partial charge in [-0.25, -0.2) is 8.42 Å². The fraction of sp³-hybridized carbons (Fsp3) is 0.235. The predicted octanol–water partition coefficient (Wildman–Crippen LogP) is 2.98. The average Bonchev–Trinajstić information content (AvgIpc) is 2.91. The van der Waals surface area contributed by atoms with Crippen molar-refractivity contribution in [3.63, 3.8) is 0 Å². The van der Waals surface area contributed by atoms with E-state index in [0.29, 0.717) is 12.8 Å². The zero-order valence-electron chi connectivity index (χ0n) is 11.5. The van der Waals surface area contributed by atoms with Gasteiger partial charge in [-0.05, 0) is 24.1 Å². The molecule has 108 valence electrons. The predicted molar refractivity (Wildman–Crippen MR) is 80.8 cm³/mol. The smallest absolute Gasteiger partial charge is 0.188 e. The van der Waals surface area contributed by atoms with Gasteiger partial charge in [-0.15, -0.1) is 0 Å². The van der Waals surface area contributed by atoms with Gasteiger partial charge < -0.3 is 0 Å². The number of carbonyl (C=O) groups excluding carboxylic acids is 1. The minimum absolute atomic E-state index is 0.173. The molecule has 0 N–H and O–H groups in total. The van der Waals surface area contributed by atoms with Gasteiger partial charge >= 0.3 is 0 Å². The summed E-state index contributed by atoms with van der Waals surface area (Å²) in [5, 5.41) is -0.956. The van der Waals surface area contributed by atoms with Crippen LogP contribution in [0.25, 0.3) is 0 Å². The maximum absolute atomic E-state index is 12.8. The largest absolute Gasteiger partial charge is 0.298 e. The molecule has 1 fully saturated rings. The molecule has 0 radical (unpaired) electrons. The van der Waals surface area contributed by atoms with E-state index in [4.69, 9.17) is 0 Å². The monoisotopic (exact) mass is 300 g/mol. The summed E-state index contributed by atoms with van der Waals surface area (Å²) in [6.45, 7) is 0. The Hall–Kier alpha value is -1.94. The summed E-state index contributed by atoms with van der Waals surface area (Å²) in [5.41, 5.74) is 0.924. The molecule has 0 amide bonds. The fourth-order valence-corrected chi connectivity index (χ4v) is 5.02. The quantitative estimate of drug-likeness (QED) is 0.875. The standard InChI is InChI=1S/C17H16O3S/c18-16-12-11-15(13-7-3-1-4-8-13)17(16)21(19,20)14-9-5-2-6-10-14/h1-10,15,17H,11-12H2/t15-,17-/m0/s1. The van der Waals surface area contributed by atoms with Crippen molar-refractivity contribution in [3.8, 4) is 0 Å². The van der Waals surface area contributed by atoms with Crippen molar-refractivity contribution in [2.45, 2.75) is 28.9 Å². The lowest BCUT2D eigenvalue weighted by Crippen LogP contribution is -2.30. The van der Waals surface area contributed by atoms with Crippen LogP contribution in [-0.2, 0) is 14.6 Å². The van der Waals surface area contributed by atoms with E-state index in [1.54, 1.807) is 30.3 Å². The Kier molecular flexibility index (Phi) is 3.64. The van der Waals surface area contributed by atoms with Crippen molar-refractivity contribution < 1.29 is 13.2 Å². The summed E-state index contributed by atoms with van der Waals surface area (Å²) in [6.07, 6.45) is 0.926. The van der Waals surface area contributed by atoms with E-state index in [-0.39, 0.29) is 16.6 Å². The van der Waals surface area contributed by atoms with E-state index in [2.05, 4.69) is 0 Å². The third kappa shape index (κ3) is 2.51. The lowest BCUT2D eigenvalue weighted by atomic mass is 9.97. The number of benzene rings is 2. The fourth-order valence-electron chi connectivity index (χ4n) is 3.00. The van der Waals surface area contributed by atoms with Crippen LogP contribution in [0.1, 0.15) is 24.3 Å². The molecule has 21 heavy (non-hydrogen) atoms. The average molecular weight is 300 g/mol. The number of hydrogen-bond donors (Lipinski definition) is 0. The number of hydrogen-bond acceptors (Lipinski definition) is 3. The minimum Gasteiger partial charge on any atom is -0.298 e. The summed E-state index contributed by atoms with van der Waals surface area (Å²) in [6, 6.07) is 17.7. The molecule has 2 aromatic carbocycles. The molecule has 3 nitrogen and oxygen atoms in total. The Labute approximate surface area is 124 Å². The Morgan fingerprint density at radius 3 is 2.05 bits per heavy atom. The highest BCUT2D eigenvalue weighted by atomic mass is 32.2. The highest BCUT2D eigenvalue weighted by Crippen LogP contribution is 2.38. The zero-order chi connectivity index (χ0) is 14.9. The van der Waals surface area contributed by atoms with Crippen LogP contribution in [0.4, 0.5) is 0 Å². The normalized spacial score (nSPS) is 22.4. The van der Waals surface area contributed by atoms with Crippen LogP contribution in [0, 0.1) is 0 Å². The first kappa shape index (κ1) is 14.0. The number of ketones is 1. The summed E-state index contributed by atoms with van der Waals surface area (Å²) in [7, 11) is -3.63. The van der Waals surface area contributed by atoms with Crippen molar-refractivity contribution in [3.05, 3.63) is 66.2 Å². The molecule has 2 atom stereocenters. The zero-order valence-corrected chi connectivity index (χ0v) is 12.3. The van der Waals surface area contributed by atoms with E-state index >= 15 is 0 Å². The highest BCUT2D eigenvalue weighted by molar-refractivity contribution is 7.92. The lowest BCUT2D eigenvalue weighted by molar-refractivity contribution is -0.117. The molecular weight excluding hydrogens is 284 g/mol. The van der Waals surface area contributed by atoms with Gasteiger partial charge in [0.2, 0.25) is 0 Å². The first-order chi connectivity index (χ1) is 10.1. The van der Waals surface area contributed by atoms with Crippen LogP contribution in [0.5, 0.6) is 0 Å². The Morgan fingerprint density at radius 1 is 0.857 bits per heavy atom. The van der Waals surface area contributed by atoms with Gasteiger partial charge in [0.1, 0.15) is 5.25 Å². The van der Waals surface area contributed by atoms with Crippen LogP contribution in [0.2, 0.25) is 0 Å². The van der Waals surface area contributed by atoms with Crippen molar-refractivity contribution >= 4 is 15.6 Å². The van der Waals surface area contributed by atoms with Crippen LogP contribution in [0.3, 0.4) is 0 Å². The molecule has 1 aliphatic carbocycles. The topological polar surface area (TPSA) is 51.2 Å². The molecule has 0 spiro atoms. The Bertz CT molecular complexity index is 736. The number of carbonyl (C=O) groups is 1. The molecule has 0 heterocycles. The molecule has 0 bridgehead atoms. The highest BCUT2D eigenvalue weighted by Gasteiger charge is 2.45. The molecule has 3 rings (SSSR count). The van der Waals surface area contributed by atoms with E-state index in [1.165, 1.54) is 0 Å². The Morgan fingerprint density at radius 2 is 1.43 bits per heavy atom. The second kappa shape index (κ2) is 5.45. The van der Waals surface area contributed by atoms with Crippen LogP contribution in [0.15, 0.2) is 65.6 Å². The van der Waals surface area contributed by atoms with E-state index < -0.39 is 15.1 Å². The van der Waals surface area contributed by atoms with Gasteiger partial charge in [-0.3, -0.25) is 4.79 Å². The van der Waals surface area contributed by atoms with Gasteiger partial charge in [-0.1, -0.05) is 48.5 Å². The maximum Gasteiger partial charge on any atom is 0.188 e. The first-order valence-corrected chi connectivity index (χ1v) is 8.52. The molecular formula is C17H16O3S. The van der Waals surface area contributed by atoms with E-state index in [0.717, 1.165) is 5.56 Å². The van der Waals surface area contributed by atoms with Crippen LogP contribution in [-0.4, -0.2) is 19.5 Å². The second-order valence-corrected chi connectivity index (χ2v) is 7.37. The third-order valence-corrected chi connectivity index (χ3v) is 6.21. The summed E-state index contributed by atoms with van der Waals surface area (Å²) >= 11 is 0. The van der Waals surface area contributed by atoms with Crippen molar-refractivity contribution in [2.24, 2.45) is 0 Å². The first-order valence-electron chi connectivity index (χ1n) is 6.97. The minimum atomic E-state index is -3.63. The summed E-state index contributed by atoms with van der Waals surface area (Å²) < 4.78 is 25.6. The van der Waals surface area contributed by atoms with Gasteiger partial charge in [-0.2, -0.15) is 0 Å². The molecule has 0 aliphatic heterocycles. The van der Waals surface area contributed by atoms with Crippen LogP contribution < -0.4 is 0 Å².